The third kappa shape index (κ3) is 19.5. The van der Waals surface area contributed by atoms with Crippen LogP contribution in [-0.4, -0.2) is 83.2 Å². The van der Waals surface area contributed by atoms with E-state index in [9.17, 15) is 19.2 Å². The Labute approximate surface area is 741 Å². The predicted octanol–water partition coefficient (Wildman–Crippen LogP) is 19.5. The normalized spacial score (nSPS) is 13.9. The third-order valence-corrected chi connectivity index (χ3v) is 23.7. The van der Waals surface area contributed by atoms with Gasteiger partial charge in [0.25, 0.3) is 0 Å². The molecule has 0 aliphatic heterocycles. The second kappa shape index (κ2) is 36.4. The number of rotatable bonds is 20. The number of nitrogens with two attached hydrogens (primary N) is 4. The number of nitrogens with one attached hydrogen (secondary N) is 8. The lowest BCUT2D eigenvalue weighted by Crippen LogP contribution is -2.43. The van der Waals surface area contributed by atoms with Crippen LogP contribution in [0.1, 0.15) is 160 Å². The van der Waals surface area contributed by atoms with E-state index in [2.05, 4.69) is 87.2 Å². The fraction of sp³-hybridized carbons (Fsp3) is 0.240. The van der Waals surface area contributed by atoms with Crippen LogP contribution in [0.5, 0.6) is 0 Å². The van der Waals surface area contributed by atoms with Crippen molar-refractivity contribution in [1.29, 1.82) is 0 Å². The molecule has 0 spiro atoms. The predicted molar refractivity (Wildman–Crippen MR) is 509 cm³/mol. The molecule has 28 heteroatoms. The molecule has 4 saturated carbocycles. The number of hydrogen-bond donors (Lipinski definition) is 12. The van der Waals surface area contributed by atoms with Crippen molar-refractivity contribution in [3.05, 3.63) is 288 Å². The smallest absolute Gasteiger partial charge is 0.319 e. The number of benzene rings is 8. The number of aromatic nitrogens is 12. The minimum absolute atomic E-state index is 0.0880. The minimum atomic E-state index is -0.495. The summed E-state index contributed by atoms with van der Waals surface area (Å²) in [4.78, 5) is 69.0. The van der Waals surface area contributed by atoms with Gasteiger partial charge in [0.2, 0.25) is 0 Å². The van der Waals surface area contributed by atoms with E-state index in [-0.39, 0.29) is 36.2 Å². The van der Waals surface area contributed by atoms with Crippen LogP contribution in [0.3, 0.4) is 0 Å². The van der Waals surface area contributed by atoms with Crippen molar-refractivity contribution in [2.75, 3.05) is 44.2 Å². The molecule has 16 aromatic rings. The molecule has 8 aromatic heterocycles. The molecular weight excluding hydrogens is 1600 g/mol. The van der Waals surface area contributed by atoms with Gasteiger partial charge in [-0.3, -0.25) is 0 Å². The van der Waals surface area contributed by atoms with Crippen molar-refractivity contribution in [3.63, 3.8) is 0 Å². The first-order valence-corrected chi connectivity index (χ1v) is 43.3. The Morgan fingerprint density at radius 2 is 0.609 bits per heavy atom. The van der Waals surface area contributed by atoms with Crippen LogP contribution < -0.4 is 65.5 Å². The lowest BCUT2D eigenvalue weighted by molar-refractivity contribution is 0.241. The van der Waals surface area contributed by atoms with Crippen LogP contribution in [0.2, 0.25) is 0 Å². The summed E-state index contributed by atoms with van der Waals surface area (Å²) in [7, 11) is 7.48. The molecule has 4 fully saturated rings. The van der Waals surface area contributed by atoms with E-state index in [1.807, 2.05) is 274 Å². The molecule has 8 aromatic carbocycles. The van der Waals surface area contributed by atoms with Gasteiger partial charge in [-0.05, 0) is 219 Å². The summed E-state index contributed by atoms with van der Waals surface area (Å²) < 4.78 is 6.98. The Kier molecular flexibility index (Phi) is 24.1. The van der Waals surface area contributed by atoms with Gasteiger partial charge in [-0.15, -0.1) is 0 Å². The summed E-state index contributed by atoms with van der Waals surface area (Å²) in [5, 5.41) is 44.4. The van der Waals surface area contributed by atoms with Crippen LogP contribution in [0.25, 0.3) is 88.6 Å². The molecule has 0 radical (unpaired) electrons. The van der Waals surface area contributed by atoms with Gasteiger partial charge in [0.1, 0.15) is 0 Å². The van der Waals surface area contributed by atoms with E-state index in [0.717, 1.165) is 151 Å². The van der Waals surface area contributed by atoms with E-state index < -0.39 is 5.54 Å². The van der Waals surface area contributed by atoms with Gasteiger partial charge in [0, 0.05) is 104 Å². The molecule has 8 heterocycles. The highest BCUT2D eigenvalue weighted by molar-refractivity contribution is 6.05. The van der Waals surface area contributed by atoms with Gasteiger partial charge in [0.15, 0.2) is 45.9 Å². The molecule has 16 N–H and O–H groups in total. The summed E-state index contributed by atoms with van der Waals surface area (Å²) in [5.41, 5.74) is 47.2. The van der Waals surface area contributed by atoms with Gasteiger partial charge >= 0.3 is 24.1 Å². The molecule has 8 amide bonds. The zero-order valence-electron chi connectivity index (χ0n) is 72.7. The minimum Gasteiger partial charge on any atom is -0.382 e. The fourth-order valence-corrected chi connectivity index (χ4v) is 16.1. The number of fused-ring (bicyclic) bond motifs is 4. The lowest BCUT2D eigenvalue weighted by Gasteiger charge is -2.27. The zero-order valence-corrected chi connectivity index (χ0v) is 72.7. The molecule has 20 rings (SSSR count). The Morgan fingerprint density at radius 1 is 0.352 bits per heavy atom. The number of amides is 8. The number of hydrogen-bond acceptors (Lipinski definition) is 16. The van der Waals surface area contributed by atoms with Gasteiger partial charge in [-0.25, -0.2) is 57.8 Å². The van der Waals surface area contributed by atoms with Crippen molar-refractivity contribution >= 4 is 114 Å². The third-order valence-electron chi connectivity index (χ3n) is 23.7. The van der Waals surface area contributed by atoms with Crippen LogP contribution in [0, 0.1) is 0 Å². The maximum absolute atomic E-state index is 12.6. The topological polar surface area (TPSA) is 391 Å². The van der Waals surface area contributed by atoms with Crippen molar-refractivity contribution in [3.8, 4) is 44.5 Å². The maximum Gasteiger partial charge on any atom is 0.319 e. The Bertz CT molecular complexity index is 6540. The number of pyridine rings is 4. The van der Waals surface area contributed by atoms with Gasteiger partial charge < -0.3 is 65.5 Å². The molecule has 0 saturated heterocycles. The number of anilines is 8. The average molecular weight is 1710 g/mol. The van der Waals surface area contributed by atoms with Crippen molar-refractivity contribution in [2.45, 2.75) is 127 Å². The van der Waals surface area contributed by atoms with Crippen LogP contribution in [0.4, 0.5) is 65.2 Å². The molecule has 0 bridgehead atoms. The van der Waals surface area contributed by atoms with E-state index >= 15 is 0 Å². The first-order valence-electron chi connectivity index (χ1n) is 43.3. The Hall–Kier alpha value is -15.5. The SMILES string of the molecule is C[C@@H](NC(=O)Nc1ccc(-c2cc(C3CC3)nc3c2c(N)nn3C)cc1)c1ccccc1.C[C@H](NC(=O)Nc1ccc(-c2cc(C3CC3)nc3c2c(N)nn3C)cc1)c1ccccc1.Cn1nc(N)c2c(-c3ccc(NC(=O)NC(C)(C)c4ccccc4)cc3)cc(C3CC3)nc21.Cn1nc(N)c2c(-c3ccc(NC(=O)NCc4ccccc4)cc3)cc(C3CC3)nc21. The number of urea groups is 4. The fourth-order valence-electron chi connectivity index (χ4n) is 16.1. The number of nitrogen functional groups attached to an aromatic ring is 4. The van der Waals surface area contributed by atoms with Gasteiger partial charge in [-0.2, -0.15) is 20.4 Å². The number of nitrogens with zero attached hydrogens (tertiary/aromatic N) is 12. The van der Waals surface area contributed by atoms with Crippen molar-refractivity contribution in [2.24, 2.45) is 28.2 Å². The molecule has 0 unspecified atom stereocenters. The molecule has 648 valence electrons. The Morgan fingerprint density at radius 3 is 0.891 bits per heavy atom. The number of carbonyl (C=O) groups excluding carboxylic acids is 4. The van der Waals surface area contributed by atoms with Gasteiger partial charge in [0.05, 0.1) is 39.2 Å². The highest BCUT2D eigenvalue weighted by Gasteiger charge is 2.33. The van der Waals surface area contributed by atoms with Crippen LogP contribution >= 0.6 is 0 Å². The molecule has 28 nitrogen and oxygen atoms in total. The quantitative estimate of drug-likeness (QED) is 0.0337. The monoisotopic (exact) mass is 1700 g/mol. The largest absolute Gasteiger partial charge is 0.382 e. The average Bonchev–Trinajstić information content (AvgIpc) is 1.62. The standard InChI is InChI=1S/C26H28N6O.2C25H26N6O.C24H24N6O/c1-26(2,18-7-5-4-6-8-18)30-25(33)28-19-13-11-16(12-14-19)20-15-21(17-9-10-17)29-24-22(20)23(27)31-32(24)3;2*1-15(16-6-4-3-5-7-16)27-25(32)28-19-12-10-17(11-13-19)20-14-21(18-8-9-18)29-24-22(20)23(26)30-31(24)2;1-30-23-21(22(25)29-30)19(13-20(28-23)17-7-8-17)16-9-11-18(12-10-16)27-24(31)26-14-15-5-3-2-4-6-15/h4-8,11-15,17H,9-10H2,1-3H3,(H2,27,31)(H2,28,30,33);2*3-7,10-15,18H,8-9H2,1-2H3,(H2,26,30)(H2,27,28,32);2-6,9-13,17H,7-8,14H2,1H3,(H2,25,29)(H2,26,27,31)/t;2*15-;/m.10./s1. The summed E-state index contributed by atoms with van der Waals surface area (Å²) in [6, 6.07) is 78.0. The van der Waals surface area contributed by atoms with Crippen LogP contribution in [0.15, 0.2) is 243 Å². The molecule has 2 atom stereocenters. The van der Waals surface area contributed by atoms with Crippen molar-refractivity contribution in [1.82, 2.24) is 80.3 Å². The van der Waals surface area contributed by atoms with E-state index in [1.165, 1.54) is 51.4 Å². The molecule has 128 heavy (non-hydrogen) atoms. The molecule has 4 aliphatic rings. The van der Waals surface area contributed by atoms with Crippen LogP contribution in [-0.2, 0) is 40.3 Å². The highest BCUT2D eigenvalue weighted by atomic mass is 16.2. The zero-order chi connectivity index (χ0) is 89.0. The summed E-state index contributed by atoms with van der Waals surface area (Å²) in [5.74, 6) is 3.98. The van der Waals surface area contributed by atoms with E-state index in [0.29, 0.717) is 59.2 Å². The second-order valence-corrected chi connectivity index (χ2v) is 33.9. The number of carbonyl (C=O) groups is 4. The lowest BCUT2D eigenvalue weighted by atomic mass is 9.95. The first-order chi connectivity index (χ1) is 61.9. The van der Waals surface area contributed by atoms with E-state index in [4.69, 9.17) is 42.9 Å². The van der Waals surface area contributed by atoms with Crippen molar-refractivity contribution < 1.29 is 19.2 Å². The molecular formula is C100H104N24O4. The maximum atomic E-state index is 12.6. The first kappa shape index (κ1) is 84.7. The summed E-state index contributed by atoms with van der Waals surface area (Å²) in [6.07, 6.45) is 9.37. The summed E-state index contributed by atoms with van der Waals surface area (Å²) >= 11 is 0. The van der Waals surface area contributed by atoms with E-state index in [1.54, 1.807) is 18.7 Å². The summed E-state index contributed by atoms with van der Waals surface area (Å²) in [6.45, 7) is 8.36. The van der Waals surface area contributed by atoms with Gasteiger partial charge in [-0.1, -0.05) is 170 Å². The number of aryl methyl sites for hydroxylation is 4. The second-order valence-electron chi connectivity index (χ2n) is 33.9. The highest BCUT2D eigenvalue weighted by Crippen LogP contribution is 2.47. The molecule has 4 aliphatic carbocycles. The Balaban J connectivity index is 0.000000120.